The van der Waals surface area contributed by atoms with E-state index in [-0.39, 0.29) is 23.8 Å². The summed E-state index contributed by atoms with van der Waals surface area (Å²) in [4.78, 5) is 23.7. The molecule has 0 aliphatic carbocycles. The highest BCUT2D eigenvalue weighted by atomic mass is 32.2. The molecular formula is C15H19NO5S. The monoisotopic (exact) mass is 325 g/mol. The average Bonchev–Trinajstić information content (AvgIpc) is 2.78. The van der Waals surface area contributed by atoms with Crippen molar-refractivity contribution in [3.8, 4) is 0 Å². The van der Waals surface area contributed by atoms with Gasteiger partial charge in [0.2, 0.25) is 0 Å². The number of rotatable bonds is 5. The second-order valence-electron chi connectivity index (χ2n) is 5.46. The summed E-state index contributed by atoms with van der Waals surface area (Å²) in [5.41, 5.74) is 0.622. The highest BCUT2D eigenvalue weighted by molar-refractivity contribution is 7.91. The number of carbonyl (C=O) groups excluding carboxylic acids is 2. The molecule has 1 aliphatic rings. The molecular weight excluding hydrogens is 306 g/mol. The van der Waals surface area contributed by atoms with Crippen molar-refractivity contribution >= 4 is 27.4 Å². The van der Waals surface area contributed by atoms with E-state index in [4.69, 9.17) is 4.74 Å². The lowest BCUT2D eigenvalue weighted by Gasteiger charge is -2.14. The van der Waals surface area contributed by atoms with Crippen LogP contribution in [0.3, 0.4) is 0 Å². The minimum absolute atomic E-state index is 0.0205. The van der Waals surface area contributed by atoms with E-state index in [1.54, 1.807) is 24.3 Å². The maximum absolute atomic E-state index is 11.9. The molecule has 1 aliphatic heterocycles. The Bertz CT molecular complexity index is 641. The van der Waals surface area contributed by atoms with Crippen molar-refractivity contribution < 1.29 is 22.7 Å². The zero-order chi connectivity index (χ0) is 16.2. The van der Waals surface area contributed by atoms with Crippen LogP contribution in [0.2, 0.25) is 0 Å². The molecule has 7 heteroatoms. The number of carbonyl (C=O) groups is 2. The summed E-state index contributed by atoms with van der Waals surface area (Å²) < 4.78 is 27.7. The first-order valence-corrected chi connectivity index (χ1v) is 8.94. The molecule has 1 aromatic rings. The van der Waals surface area contributed by atoms with Crippen molar-refractivity contribution in [1.29, 1.82) is 0 Å². The summed E-state index contributed by atoms with van der Waals surface area (Å²) in [6, 6.07) is 8.86. The molecule has 2 atom stereocenters. The van der Waals surface area contributed by atoms with E-state index < -0.39 is 27.8 Å². The van der Waals surface area contributed by atoms with E-state index >= 15 is 0 Å². The predicted octanol–water partition coefficient (Wildman–Crippen LogP) is 1.38. The van der Waals surface area contributed by atoms with E-state index in [0.29, 0.717) is 12.1 Å². The molecule has 0 unspecified atom stereocenters. The molecule has 2 rings (SSSR count). The fraction of sp³-hybridized carbons (Fsp3) is 0.467. The van der Waals surface area contributed by atoms with Crippen LogP contribution in [0.25, 0.3) is 0 Å². The van der Waals surface area contributed by atoms with Gasteiger partial charge >= 0.3 is 5.97 Å². The molecule has 120 valence electrons. The molecule has 0 spiro atoms. The molecule has 1 amide bonds. The van der Waals surface area contributed by atoms with Crippen molar-refractivity contribution in [3.63, 3.8) is 0 Å². The highest BCUT2D eigenvalue weighted by Gasteiger charge is 2.30. The quantitative estimate of drug-likeness (QED) is 0.826. The number of benzene rings is 1. The third kappa shape index (κ3) is 4.84. The van der Waals surface area contributed by atoms with Gasteiger partial charge in [-0.1, -0.05) is 18.2 Å². The van der Waals surface area contributed by atoms with Gasteiger partial charge in [-0.05, 0) is 31.4 Å². The minimum atomic E-state index is -3.01. The van der Waals surface area contributed by atoms with Crippen molar-refractivity contribution in [2.45, 2.75) is 25.9 Å². The van der Waals surface area contributed by atoms with Crippen LogP contribution < -0.4 is 5.32 Å². The van der Waals surface area contributed by atoms with Crippen molar-refractivity contribution in [1.82, 2.24) is 0 Å². The number of amides is 1. The van der Waals surface area contributed by atoms with E-state index in [1.807, 2.05) is 6.07 Å². The molecule has 0 bridgehead atoms. The maximum atomic E-state index is 11.9. The summed E-state index contributed by atoms with van der Waals surface area (Å²) in [7, 11) is -3.01. The van der Waals surface area contributed by atoms with Crippen LogP contribution in [0.4, 0.5) is 5.69 Å². The molecule has 1 heterocycles. The Morgan fingerprint density at radius 2 is 2.00 bits per heavy atom. The number of hydrogen-bond acceptors (Lipinski definition) is 5. The smallest absolute Gasteiger partial charge is 0.306 e. The zero-order valence-electron chi connectivity index (χ0n) is 12.3. The van der Waals surface area contributed by atoms with Crippen LogP contribution in [0.15, 0.2) is 30.3 Å². The Labute approximate surface area is 129 Å². The van der Waals surface area contributed by atoms with Gasteiger partial charge in [0.25, 0.3) is 5.91 Å². The number of esters is 1. The third-order valence-electron chi connectivity index (χ3n) is 3.50. The van der Waals surface area contributed by atoms with Gasteiger partial charge in [-0.3, -0.25) is 9.59 Å². The molecule has 1 fully saturated rings. The van der Waals surface area contributed by atoms with Gasteiger partial charge in [0.05, 0.1) is 11.5 Å². The lowest BCUT2D eigenvalue weighted by atomic mass is 10.1. The fourth-order valence-electron chi connectivity index (χ4n) is 2.33. The van der Waals surface area contributed by atoms with E-state index in [0.717, 1.165) is 0 Å². The summed E-state index contributed by atoms with van der Waals surface area (Å²) in [5, 5.41) is 2.64. The molecule has 1 N–H and O–H groups in total. The largest absolute Gasteiger partial charge is 0.453 e. The molecule has 0 aromatic heterocycles. The summed E-state index contributed by atoms with van der Waals surface area (Å²) in [5.74, 6) is -1.03. The Morgan fingerprint density at radius 1 is 1.32 bits per heavy atom. The first-order valence-electron chi connectivity index (χ1n) is 7.11. The number of ether oxygens (including phenoxy) is 1. The lowest BCUT2D eigenvalue weighted by molar-refractivity contribution is -0.153. The average molecular weight is 325 g/mol. The van der Waals surface area contributed by atoms with Crippen LogP contribution in [0.1, 0.15) is 19.8 Å². The van der Waals surface area contributed by atoms with E-state index in [9.17, 15) is 18.0 Å². The first-order chi connectivity index (χ1) is 10.4. The number of hydrogen-bond donors (Lipinski definition) is 1. The SMILES string of the molecule is C[C@@H](OC(=O)C[C@H]1CCS(=O)(=O)C1)C(=O)Nc1ccccc1. The normalized spacial score (nSPS) is 21.0. The second kappa shape index (κ2) is 6.91. The molecule has 22 heavy (non-hydrogen) atoms. The standard InChI is InChI=1S/C15H19NO5S/c1-11(15(18)16-13-5-3-2-4-6-13)21-14(17)9-12-7-8-22(19,20)10-12/h2-6,11-12H,7-10H2,1H3,(H,16,18)/t11-,12-/m1/s1. The van der Waals surface area contributed by atoms with Crippen LogP contribution >= 0.6 is 0 Å². The van der Waals surface area contributed by atoms with Gasteiger partial charge in [-0.2, -0.15) is 0 Å². The molecule has 0 radical (unpaired) electrons. The van der Waals surface area contributed by atoms with Gasteiger partial charge in [0.1, 0.15) is 0 Å². The molecule has 1 saturated heterocycles. The highest BCUT2D eigenvalue weighted by Crippen LogP contribution is 2.22. The Kier molecular flexibility index (Phi) is 5.18. The van der Waals surface area contributed by atoms with Gasteiger partial charge in [-0.25, -0.2) is 8.42 Å². The summed E-state index contributed by atoms with van der Waals surface area (Å²) in [6.07, 6.45) is -0.421. The molecule has 1 aromatic carbocycles. The van der Waals surface area contributed by atoms with Gasteiger partial charge in [-0.15, -0.1) is 0 Å². The second-order valence-corrected chi connectivity index (χ2v) is 7.69. The molecule has 6 nitrogen and oxygen atoms in total. The molecule has 0 saturated carbocycles. The number of nitrogens with one attached hydrogen (secondary N) is 1. The van der Waals surface area contributed by atoms with Gasteiger partial charge < -0.3 is 10.1 Å². The van der Waals surface area contributed by atoms with Crippen LogP contribution in [-0.2, 0) is 24.2 Å². The summed E-state index contributed by atoms with van der Waals surface area (Å²) >= 11 is 0. The predicted molar refractivity (Wildman–Crippen MR) is 82.0 cm³/mol. The van der Waals surface area contributed by atoms with Gasteiger partial charge in [0, 0.05) is 12.1 Å². The minimum Gasteiger partial charge on any atom is -0.453 e. The number of sulfone groups is 1. The number of para-hydroxylation sites is 1. The Hall–Kier alpha value is -1.89. The van der Waals surface area contributed by atoms with Crippen molar-refractivity contribution in [2.24, 2.45) is 5.92 Å². The maximum Gasteiger partial charge on any atom is 0.306 e. The topological polar surface area (TPSA) is 89.5 Å². The lowest BCUT2D eigenvalue weighted by Crippen LogP contribution is -2.30. The van der Waals surface area contributed by atoms with E-state index in [1.165, 1.54) is 6.92 Å². The Balaban J connectivity index is 1.80. The van der Waals surface area contributed by atoms with Crippen LogP contribution in [0, 0.1) is 5.92 Å². The van der Waals surface area contributed by atoms with Gasteiger partial charge in [0.15, 0.2) is 15.9 Å². The van der Waals surface area contributed by atoms with Crippen LogP contribution in [0.5, 0.6) is 0 Å². The summed E-state index contributed by atoms with van der Waals surface area (Å²) in [6.45, 7) is 1.49. The zero-order valence-corrected chi connectivity index (χ0v) is 13.1. The van der Waals surface area contributed by atoms with Crippen LogP contribution in [-0.4, -0.2) is 37.9 Å². The first kappa shape index (κ1) is 16.5. The third-order valence-corrected chi connectivity index (χ3v) is 5.34. The Morgan fingerprint density at radius 3 is 2.59 bits per heavy atom. The number of anilines is 1. The van der Waals surface area contributed by atoms with Crippen molar-refractivity contribution in [3.05, 3.63) is 30.3 Å². The van der Waals surface area contributed by atoms with E-state index in [2.05, 4.69) is 5.32 Å². The van der Waals surface area contributed by atoms with Crippen molar-refractivity contribution in [2.75, 3.05) is 16.8 Å². The fourth-order valence-corrected chi connectivity index (χ4v) is 4.19.